The Morgan fingerprint density at radius 1 is 1.14 bits per heavy atom. The summed E-state index contributed by atoms with van der Waals surface area (Å²) < 4.78 is 5.00. The number of aryl methyl sites for hydroxylation is 1. The molecule has 7 heteroatoms. The van der Waals surface area contributed by atoms with Crippen molar-refractivity contribution in [1.82, 2.24) is 19.3 Å². The van der Waals surface area contributed by atoms with Crippen LogP contribution in [0.3, 0.4) is 0 Å². The lowest BCUT2D eigenvalue weighted by Gasteiger charge is -2.23. The minimum absolute atomic E-state index is 0.516. The second-order valence-corrected chi connectivity index (χ2v) is 8.30. The van der Waals surface area contributed by atoms with Gasteiger partial charge >= 0.3 is 0 Å². The first kappa shape index (κ1) is 19.1. The average molecular weight is 397 g/mol. The first-order chi connectivity index (χ1) is 13.8. The number of nitrogens with zero attached hydrogens (tertiary/aromatic N) is 3. The maximum absolute atomic E-state index is 4.88. The highest BCUT2D eigenvalue weighted by atomic mass is 32.2. The number of anilines is 3. The van der Waals surface area contributed by atoms with Gasteiger partial charge in [-0.1, -0.05) is 26.2 Å². The zero-order chi connectivity index (χ0) is 19.3. The number of hydrogen-bond acceptors (Lipinski definition) is 6. The molecule has 1 aliphatic carbocycles. The van der Waals surface area contributed by atoms with E-state index >= 15 is 0 Å². The van der Waals surface area contributed by atoms with Gasteiger partial charge in [0.2, 0.25) is 0 Å². The van der Waals surface area contributed by atoms with Crippen molar-refractivity contribution in [2.75, 3.05) is 17.7 Å². The van der Waals surface area contributed by atoms with Crippen molar-refractivity contribution in [2.24, 2.45) is 0 Å². The van der Waals surface area contributed by atoms with Crippen molar-refractivity contribution < 1.29 is 0 Å². The van der Waals surface area contributed by atoms with Gasteiger partial charge in [0.1, 0.15) is 11.6 Å². The highest BCUT2D eigenvalue weighted by Gasteiger charge is 2.16. The van der Waals surface area contributed by atoms with Gasteiger partial charge in [-0.2, -0.15) is 9.61 Å². The van der Waals surface area contributed by atoms with Gasteiger partial charge in [-0.3, -0.25) is 4.72 Å². The fraction of sp³-hybridized carbons (Fsp3) is 0.429. The molecule has 0 unspecified atom stereocenters. The topological polar surface area (TPSA) is 66.3 Å². The van der Waals surface area contributed by atoms with Crippen LogP contribution in [0.25, 0.3) is 5.65 Å². The van der Waals surface area contributed by atoms with Crippen LogP contribution in [0, 0.1) is 0 Å². The standard InChI is InChI=1S/C21H28N6S/c1-3-15-14-23-27-20(25-17-9-11-18(12-10-17)28-22-2)13-19(26-21(15)27)24-16-7-5-4-6-8-16/h9-14,16,22,25H,3-8H2,1-2H3,(H,24,26). The van der Waals surface area contributed by atoms with Gasteiger partial charge in [0.05, 0.1) is 6.20 Å². The third kappa shape index (κ3) is 4.25. The average Bonchev–Trinajstić information content (AvgIpc) is 3.14. The monoisotopic (exact) mass is 396 g/mol. The van der Waals surface area contributed by atoms with Gasteiger partial charge in [-0.15, -0.1) is 0 Å². The lowest BCUT2D eigenvalue weighted by atomic mass is 9.95. The molecule has 0 spiro atoms. The van der Waals surface area contributed by atoms with Crippen molar-refractivity contribution in [1.29, 1.82) is 0 Å². The summed E-state index contributed by atoms with van der Waals surface area (Å²) in [4.78, 5) is 6.06. The van der Waals surface area contributed by atoms with E-state index in [1.165, 1.54) is 37.0 Å². The second-order valence-electron chi connectivity index (χ2n) is 7.22. The Bertz CT molecular complexity index is 915. The Hall–Kier alpha value is -2.25. The van der Waals surface area contributed by atoms with Gasteiger partial charge in [0.25, 0.3) is 0 Å². The molecule has 0 atom stereocenters. The summed E-state index contributed by atoms with van der Waals surface area (Å²) in [5.41, 5.74) is 3.12. The van der Waals surface area contributed by atoms with Crippen LogP contribution in [-0.4, -0.2) is 27.7 Å². The van der Waals surface area contributed by atoms with Crippen LogP contribution < -0.4 is 15.4 Å². The molecule has 0 saturated heterocycles. The molecule has 148 valence electrons. The summed E-state index contributed by atoms with van der Waals surface area (Å²) in [6, 6.07) is 11.0. The summed E-state index contributed by atoms with van der Waals surface area (Å²) in [6.45, 7) is 2.14. The predicted molar refractivity (Wildman–Crippen MR) is 118 cm³/mol. The smallest absolute Gasteiger partial charge is 0.162 e. The largest absolute Gasteiger partial charge is 0.367 e. The lowest BCUT2D eigenvalue weighted by molar-refractivity contribution is 0.462. The van der Waals surface area contributed by atoms with E-state index in [0.717, 1.165) is 35.0 Å². The Labute approximate surface area is 170 Å². The van der Waals surface area contributed by atoms with Gasteiger partial charge in [0.15, 0.2) is 5.65 Å². The molecule has 6 nitrogen and oxygen atoms in total. The van der Waals surface area contributed by atoms with E-state index in [4.69, 9.17) is 4.98 Å². The molecule has 1 fully saturated rings. The molecule has 3 N–H and O–H groups in total. The molecule has 1 saturated carbocycles. The predicted octanol–water partition coefficient (Wildman–Crippen LogP) is 5.01. The van der Waals surface area contributed by atoms with Crippen molar-refractivity contribution in [3.63, 3.8) is 0 Å². The fourth-order valence-corrected chi connectivity index (χ4v) is 4.26. The van der Waals surface area contributed by atoms with Crippen LogP contribution >= 0.6 is 11.9 Å². The van der Waals surface area contributed by atoms with E-state index in [0.29, 0.717) is 6.04 Å². The molecule has 1 aliphatic rings. The number of hydrogen-bond donors (Lipinski definition) is 3. The van der Waals surface area contributed by atoms with E-state index in [2.05, 4.69) is 57.7 Å². The van der Waals surface area contributed by atoms with Crippen LogP contribution in [0.1, 0.15) is 44.6 Å². The molecular weight excluding hydrogens is 368 g/mol. The Morgan fingerprint density at radius 2 is 1.93 bits per heavy atom. The summed E-state index contributed by atoms with van der Waals surface area (Å²) in [6.07, 6.45) is 9.23. The Morgan fingerprint density at radius 3 is 2.64 bits per heavy atom. The molecule has 4 rings (SSSR count). The summed E-state index contributed by atoms with van der Waals surface area (Å²) in [7, 11) is 1.93. The van der Waals surface area contributed by atoms with E-state index in [1.807, 2.05) is 17.8 Å². The zero-order valence-electron chi connectivity index (χ0n) is 16.5. The third-order valence-corrected chi connectivity index (χ3v) is 5.94. The quantitative estimate of drug-likeness (QED) is 0.488. The molecule has 0 amide bonds. The minimum atomic E-state index is 0.516. The number of aromatic nitrogens is 3. The van der Waals surface area contributed by atoms with Crippen LogP contribution in [0.2, 0.25) is 0 Å². The van der Waals surface area contributed by atoms with Crippen LogP contribution in [0.5, 0.6) is 0 Å². The Kier molecular flexibility index (Phi) is 6.02. The minimum Gasteiger partial charge on any atom is -0.367 e. The van der Waals surface area contributed by atoms with Gasteiger partial charge in [-0.05, 0) is 62.5 Å². The SMILES string of the molecule is CCc1cnn2c(Nc3ccc(SNC)cc3)cc(NC3CCCCC3)nc12. The first-order valence-corrected chi connectivity index (χ1v) is 10.9. The summed E-state index contributed by atoms with van der Waals surface area (Å²) in [5, 5.41) is 11.8. The third-order valence-electron chi connectivity index (χ3n) is 5.23. The lowest BCUT2D eigenvalue weighted by Crippen LogP contribution is -2.23. The normalized spacial score (nSPS) is 15.1. The number of nitrogens with one attached hydrogen (secondary N) is 3. The van der Waals surface area contributed by atoms with E-state index < -0.39 is 0 Å². The van der Waals surface area contributed by atoms with Gasteiger partial charge in [-0.25, -0.2) is 4.98 Å². The molecular formula is C21H28N6S. The van der Waals surface area contributed by atoms with E-state index in [-0.39, 0.29) is 0 Å². The summed E-state index contributed by atoms with van der Waals surface area (Å²) in [5.74, 6) is 1.86. The molecule has 28 heavy (non-hydrogen) atoms. The molecule has 3 aromatic rings. The highest BCUT2D eigenvalue weighted by molar-refractivity contribution is 7.97. The number of rotatable bonds is 7. The van der Waals surface area contributed by atoms with Crippen molar-refractivity contribution in [3.8, 4) is 0 Å². The Balaban J connectivity index is 1.64. The maximum atomic E-state index is 4.88. The number of fused-ring (bicyclic) bond motifs is 1. The van der Waals surface area contributed by atoms with Crippen molar-refractivity contribution in [2.45, 2.75) is 56.4 Å². The fourth-order valence-electron chi connectivity index (χ4n) is 3.75. The zero-order valence-corrected chi connectivity index (χ0v) is 17.4. The molecule has 0 bridgehead atoms. The summed E-state index contributed by atoms with van der Waals surface area (Å²) >= 11 is 1.61. The van der Waals surface area contributed by atoms with Crippen LogP contribution in [-0.2, 0) is 6.42 Å². The van der Waals surface area contributed by atoms with Gasteiger partial charge < -0.3 is 10.6 Å². The van der Waals surface area contributed by atoms with Crippen LogP contribution in [0.4, 0.5) is 17.3 Å². The number of benzene rings is 1. The van der Waals surface area contributed by atoms with Gasteiger partial charge in [0, 0.05) is 28.3 Å². The second kappa shape index (κ2) is 8.84. The molecule has 0 aliphatic heterocycles. The molecule has 0 radical (unpaired) electrons. The first-order valence-electron chi connectivity index (χ1n) is 10.1. The van der Waals surface area contributed by atoms with Crippen molar-refractivity contribution in [3.05, 3.63) is 42.1 Å². The maximum Gasteiger partial charge on any atom is 0.162 e. The van der Waals surface area contributed by atoms with Crippen molar-refractivity contribution >= 4 is 34.9 Å². The molecule has 1 aromatic carbocycles. The van der Waals surface area contributed by atoms with E-state index in [9.17, 15) is 0 Å². The highest BCUT2D eigenvalue weighted by Crippen LogP contribution is 2.26. The van der Waals surface area contributed by atoms with Crippen LogP contribution in [0.15, 0.2) is 41.4 Å². The molecule has 2 heterocycles. The molecule has 2 aromatic heterocycles. The van der Waals surface area contributed by atoms with E-state index in [1.54, 1.807) is 11.9 Å².